The van der Waals surface area contributed by atoms with Crippen LogP contribution in [0.25, 0.3) is 0 Å². The lowest BCUT2D eigenvalue weighted by molar-refractivity contribution is 0.0721. The fourth-order valence-electron chi connectivity index (χ4n) is 1.38. The lowest BCUT2D eigenvalue weighted by Gasteiger charge is -2.08. The molecule has 0 bridgehead atoms. The van der Waals surface area contributed by atoms with Crippen molar-refractivity contribution in [2.24, 2.45) is 0 Å². The van der Waals surface area contributed by atoms with Gasteiger partial charge in [0.15, 0.2) is 5.75 Å². The highest BCUT2D eigenvalue weighted by molar-refractivity contribution is 9.10. The summed E-state index contributed by atoms with van der Waals surface area (Å²) in [5.41, 5.74) is 0.435. The Morgan fingerprint density at radius 2 is 2.00 bits per heavy atom. The highest BCUT2D eigenvalue weighted by atomic mass is 79.9. The molecule has 0 saturated carbocycles. The SMILES string of the molecule is COc1cccnc1OC(=O)c1ccccc1Br. The maximum Gasteiger partial charge on any atom is 0.346 e. The van der Waals surface area contributed by atoms with Crippen molar-refractivity contribution in [1.29, 1.82) is 0 Å². The number of aromatic nitrogens is 1. The molecular formula is C13H10BrNO3. The zero-order valence-corrected chi connectivity index (χ0v) is 11.2. The number of methoxy groups -OCH3 is 1. The summed E-state index contributed by atoms with van der Waals surface area (Å²) in [4.78, 5) is 15.9. The maximum absolute atomic E-state index is 12.0. The predicted molar refractivity (Wildman–Crippen MR) is 69.9 cm³/mol. The van der Waals surface area contributed by atoms with Crippen LogP contribution in [0.5, 0.6) is 11.6 Å². The number of carbonyl (C=O) groups excluding carboxylic acids is 1. The Hall–Kier alpha value is -1.88. The number of ether oxygens (including phenoxy) is 2. The zero-order chi connectivity index (χ0) is 13.0. The average molecular weight is 308 g/mol. The summed E-state index contributed by atoms with van der Waals surface area (Å²) in [6.07, 6.45) is 1.53. The lowest BCUT2D eigenvalue weighted by atomic mass is 10.2. The van der Waals surface area contributed by atoms with Crippen LogP contribution < -0.4 is 9.47 Å². The summed E-state index contributed by atoms with van der Waals surface area (Å²) in [5.74, 6) is 0.0816. The molecule has 0 aliphatic rings. The first-order chi connectivity index (χ1) is 8.72. The number of carbonyl (C=O) groups is 1. The van der Waals surface area contributed by atoms with Gasteiger partial charge in [-0.05, 0) is 40.2 Å². The van der Waals surface area contributed by atoms with Crippen molar-refractivity contribution in [2.45, 2.75) is 0 Å². The van der Waals surface area contributed by atoms with Gasteiger partial charge in [-0.2, -0.15) is 0 Å². The Bertz CT molecular complexity index is 572. The quantitative estimate of drug-likeness (QED) is 0.818. The van der Waals surface area contributed by atoms with E-state index in [-0.39, 0.29) is 5.88 Å². The van der Waals surface area contributed by atoms with E-state index in [1.165, 1.54) is 13.3 Å². The third kappa shape index (κ3) is 2.68. The van der Waals surface area contributed by atoms with Crippen LogP contribution in [0, 0.1) is 0 Å². The van der Waals surface area contributed by atoms with E-state index < -0.39 is 5.97 Å². The van der Waals surface area contributed by atoms with Crippen molar-refractivity contribution in [3.8, 4) is 11.6 Å². The number of nitrogens with zero attached hydrogens (tertiary/aromatic N) is 1. The largest absolute Gasteiger partial charge is 0.491 e. The molecular weight excluding hydrogens is 298 g/mol. The Balaban J connectivity index is 2.24. The molecule has 0 amide bonds. The summed E-state index contributed by atoms with van der Waals surface area (Å²) in [6.45, 7) is 0. The Kier molecular flexibility index (Phi) is 3.94. The van der Waals surface area contributed by atoms with Crippen LogP contribution in [0.2, 0.25) is 0 Å². The molecule has 5 heteroatoms. The van der Waals surface area contributed by atoms with E-state index in [0.717, 1.165) is 0 Å². The van der Waals surface area contributed by atoms with Gasteiger partial charge in [0.25, 0.3) is 5.88 Å². The van der Waals surface area contributed by atoms with Crippen molar-refractivity contribution >= 4 is 21.9 Å². The van der Waals surface area contributed by atoms with Crippen LogP contribution in [0.1, 0.15) is 10.4 Å². The molecule has 0 aliphatic carbocycles. The van der Waals surface area contributed by atoms with E-state index in [9.17, 15) is 4.79 Å². The topological polar surface area (TPSA) is 48.4 Å². The predicted octanol–water partition coefficient (Wildman–Crippen LogP) is 3.07. The summed E-state index contributed by atoms with van der Waals surface area (Å²) in [7, 11) is 1.49. The van der Waals surface area contributed by atoms with Crippen LogP contribution in [-0.2, 0) is 0 Å². The molecule has 2 aromatic rings. The first-order valence-electron chi connectivity index (χ1n) is 5.18. The molecule has 4 nitrogen and oxygen atoms in total. The molecule has 0 atom stereocenters. The molecule has 1 aromatic carbocycles. The second-order valence-electron chi connectivity index (χ2n) is 3.38. The summed E-state index contributed by atoms with van der Waals surface area (Å²) < 4.78 is 10.9. The molecule has 0 fully saturated rings. The van der Waals surface area contributed by atoms with Crippen molar-refractivity contribution < 1.29 is 14.3 Å². The Morgan fingerprint density at radius 1 is 1.22 bits per heavy atom. The zero-order valence-electron chi connectivity index (χ0n) is 9.59. The average Bonchev–Trinajstić information content (AvgIpc) is 2.39. The van der Waals surface area contributed by atoms with Crippen LogP contribution in [0.15, 0.2) is 47.1 Å². The number of halogens is 1. The second kappa shape index (κ2) is 5.64. The minimum Gasteiger partial charge on any atom is -0.491 e. The molecule has 1 heterocycles. The van der Waals surface area contributed by atoms with E-state index in [0.29, 0.717) is 15.8 Å². The van der Waals surface area contributed by atoms with Crippen LogP contribution in [0.4, 0.5) is 0 Å². The van der Waals surface area contributed by atoms with Gasteiger partial charge < -0.3 is 9.47 Å². The number of pyridine rings is 1. The van der Waals surface area contributed by atoms with Crippen molar-refractivity contribution in [1.82, 2.24) is 4.98 Å². The third-order valence-corrected chi connectivity index (χ3v) is 2.93. The van der Waals surface area contributed by atoms with Gasteiger partial charge in [0, 0.05) is 10.7 Å². The lowest BCUT2D eigenvalue weighted by Crippen LogP contribution is -2.10. The normalized spacial score (nSPS) is 9.89. The molecule has 0 saturated heterocycles. The van der Waals surface area contributed by atoms with Crippen molar-refractivity contribution in [3.05, 3.63) is 52.6 Å². The molecule has 92 valence electrons. The van der Waals surface area contributed by atoms with Crippen molar-refractivity contribution in [2.75, 3.05) is 7.11 Å². The van der Waals surface area contributed by atoms with E-state index in [1.807, 2.05) is 6.07 Å². The monoisotopic (exact) mass is 307 g/mol. The molecule has 18 heavy (non-hydrogen) atoms. The maximum atomic E-state index is 12.0. The van der Waals surface area contributed by atoms with Gasteiger partial charge in [0.1, 0.15) is 0 Å². The van der Waals surface area contributed by atoms with E-state index in [1.54, 1.807) is 30.3 Å². The summed E-state index contributed by atoms with van der Waals surface area (Å²) in [6, 6.07) is 10.4. The molecule has 0 unspecified atom stereocenters. The Labute approximate surface area is 113 Å². The van der Waals surface area contributed by atoms with Crippen LogP contribution >= 0.6 is 15.9 Å². The number of esters is 1. The van der Waals surface area contributed by atoms with Crippen LogP contribution in [0.3, 0.4) is 0 Å². The molecule has 0 radical (unpaired) electrons. The fraction of sp³-hybridized carbons (Fsp3) is 0.0769. The number of hydrogen-bond donors (Lipinski definition) is 0. The van der Waals surface area contributed by atoms with Crippen LogP contribution in [-0.4, -0.2) is 18.1 Å². The summed E-state index contributed by atoms with van der Waals surface area (Å²) >= 11 is 3.29. The van der Waals surface area contributed by atoms with E-state index >= 15 is 0 Å². The minimum atomic E-state index is -0.487. The first-order valence-corrected chi connectivity index (χ1v) is 5.97. The molecule has 0 N–H and O–H groups in total. The second-order valence-corrected chi connectivity index (χ2v) is 4.23. The van der Waals surface area contributed by atoms with Gasteiger partial charge in [-0.15, -0.1) is 0 Å². The summed E-state index contributed by atoms with van der Waals surface area (Å²) in [5, 5.41) is 0. The standard InChI is InChI=1S/C13H10BrNO3/c1-17-11-7-4-8-15-12(11)18-13(16)9-5-2-3-6-10(9)14/h2-8H,1H3. The van der Waals surface area contributed by atoms with Gasteiger partial charge in [-0.3, -0.25) is 0 Å². The molecule has 0 spiro atoms. The third-order valence-electron chi connectivity index (χ3n) is 2.24. The fourth-order valence-corrected chi connectivity index (χ4v) is 1.82. The Morgan fingerprint density at radius 3 is 2.72 bits per heavy atom. The van der Waals surface area contributed by atoms with Gasteiger partial charge in [0.2, 0.25) is 0 Å². The number of benzene rings is 1. The molecule has 0 aliphatic heterocycles. The number of hydrogen-bond acceptors (Lipinski definition) is 4. The molecule has 1 aromatic heterocycles. The number of rotatable bonds is 3. The van der Waals surface area contributed by atoms with Gasteiger partial charge >= 0.3 is 5.97 Å². The highest BCUT2D eigenvalue weighted by Gasteiger charge is 2.15. The molecule has 2 rings (SSSR count). The minimum absolute atomic E-state index is 0.153. The van der Waals surface area contributed by atoms with Gasteiger partial charge in [0.05, 0.1) is 12.7 Å². The van der Waals surface area contributed by atoms with Gasteiger partial charge in [-0.25, -0.2) is 9.78 Å². The smallest absolute Gasteiger partial charge is 0.346 e. The highest BCUT2D eigenvalue weighted by Crippen LogP contribution is 2.25. The van der Waals surface area contributed by atoms with E-state index in [2.05, 4.69) is 20.9 Å². The van der Waals surface area contributed by atoms with E-state index in [4.69, 9.17) is 9.47 Å². The van der Waals surface area contributed by atoms with Gasteiger partial charge in [-0.1, -0.05) is 12.1 Å². The first kappa shape index (κ1) is 12.6. The van der Waals surface area contributed by atoms with Crippen molar-refractivity contribution in [3.63, 3.8) is 0 Å².